The number of carbonyl (C=O) groups excluding carboxylic acids is 1. The van der Waals surface area contributed by atoms with Crippen LogP contribution in [0.5, 0.6) is 0 Å². The number of nitrogens with zero attached hydrogens (tertiary/aromatic N) is 1. The van der Waals surface area contributed by atoms with Crippen LogP contribution in [0.4, 0.5) is 24.5 Å². The minimum absolute atomic E-state index is 0.0877. The van der Waals surface area contributed by atoms with Gasteiger partial charge in [0.05, 0.1) is 22.5 Å². The molecule has 146 valence electrons. The summed E-state index contributed by atoms with van der Waals surface area (Å²) >= 11 is 5.56. The summed E-state index contributed by atoms with van der Waals surface area (Å²) in [5.74, 6) is -0.686. The number of rotatable bonds is 4. The lowest BCUT2D eigenvalue weighted by Crippen LogP contribution is -2.26. The minimum atomic E-state index is -4.66. The van der Waals surface area contributed by atoms with Crippen LogP contribution in [0.15, 0.2) is 36.4 Å². The van der Waals surface area contributed by atoms with E-state index in [2.05, 4.69) is 5.32 Å². The molecule has 0 aromatic heterocycles. The zero-order valence-electron chi connectivity index (χ0n) is 14.6. The molecule has 0 saturated carbocycles. The van der Waals surface area contributed by atoms with Gasteiger partial charge in [0.25, 0.3) is 5.91 Å². The Morgan fingerprint density at radius 3 is 2.33 bits per heavy atom. The molecule has 0 aliphatic heterocycles. The molecule has 0 heterocycles. The molecule has 10 heteroatoms. The van der Waals surface area contributed by atoms with Crippen LogP contribution in [0.25, 0.3) is 0 Å². The first-order valence-corrected chi connectivity index (χ1v) is 9.76. The summed E-state index contributed by atoms with van der Waals surface area (Å²) < 4.78 is 63.3. The molecule has 0 aliphatic carbocycles. The third kappa shape index (κ3) is 4.92. The molecular formula is C17H16ClF3N2O3S. The number of alkyl halides is 3. The van der Waals surface area contributed by atoms with Crippen LogP contribution >= 0.6 is 11.6 Å². The second-order valence-corrected chi connectivity index (χ2v) is 8.30. The molecule has 0 saturated heterocycles. The van der Waals surface area contributed by atoms with Crippen LogP contribution in [-0.2, 0) is 16.2 Å². The van der Waals surface area contributed by atoms with Gasteiger partial charge in [-0.15, -0.1) is 0 Å². The van der Waals surface area contributed by atoms with Gasteiger partial charge in [-0.2, -0.15) is 13.2 Å². The molecule has 5 nitrogen and oxygen atoms in total. The summed E-state index contributed by atoms with van der Waals surface area (Å²) in [5, 5.41) is 1.88. The first kappa shape index (κ1) is 21.0. The van der Waals surface area contributed by atoms with E-state index in [0.29, 0.717) is 5.56 Å². The maximum absolute atomic E-state index is 12.9. The van der Waals surface area contributed by atoms with Crippen molar-refractivity contribution in [2.75, 3.05) is 22.9 Å². The molecular weight excluding hydrogens is 405 g/mol. The van der Waals surface area contributed by atoms with E-state index in [-0.39, 0.29) is 16.9 Å². The molecule has 1 N–H and O–H groups in total. The third-order valence-corrected chi connectivity index (χ3v) is 5.36. The maximum atomic E-state index is 12.9. The number of hydrogen-bond acceptors (Lipinski definition) is 3. The zero-order chi connectivity index (χ0) is 20.6. The molecule has 2 aromatic carbocycles. The predicted molar refractivity (Wildman–Crippen MR) is 98.8 cm³/mol. The zero-order valence-corrected chi connectivity index (χ0v) is 16.1. The molecule has 0 spiro atoms. The Morgan fingerprint density at radius 1 is 1.15 bits per heavy atom. The van der Waals surface area contributed by atoms with Crippen molar-refractivity contribution in [2.45, 2.75) is 13.1 Å². The minimum Gasteiger partial charge on any atom is -0.322 e. The lowest BCUT2D eigenvalue weighted by Gasteiger charge is -2.20. The highest BCUT2D eigenvalue weighted by molar-refractivity contribution is 7.92. The van der Waals surface area contributed by atoms with Crippen molar-refractivity contribution in [2.24, 2.45) is 0 Å². The van der Waals surface area contributed by atoms with Gasteiger partial charge in [-0.05, 0) is 42.8 Å². The Kier molecular flexibility index (Phi) is 5.77. The van der Waals surface area contributed by atoms with Gasteiger partial charge in [-0.1, -0.05) is 17.7 Å². The number of nitrogens with one attached hydrogen (secondary N) is 1. The number of sulfonamides is 1. The second kappa shape index (κ2) is 7.40. The molecule has 2 rings (SSSR count). The van der Waals surface area contributed by atoms with Crippen molar-refractivity contribution in [1.29, 1.82) is 0 Å². The highest BCUT2D eigenvalue weighted by atomic mass is 35.5. The number of hydrogen-bond donors (Lipinski definition) is 1. The van der Waals surface area contributed by atoms with Crippen molar-refractivity contribution in [3.05, 3.63) is 58.1 Å². The van der Waals surface area contributed by atoms with E-state index in [1.165, 1.54) is 25.2 Å². The molecule has 0 aliphatic rings. The van der Waals surface area contributed by atoms with Crippen molar-refractivity contribution < 1.29 is 26.4 Å². The van der Waals surface area contributed by atoms with Gasteiger partial charge in [0.1, 0.15) is 0 Å². The molecule has 0 fully saturated rings. The molecule has 27 heavy (non-hydrogen) atoms. The normalized spacial score (nSPS) is 12.0. The average Bonchev–Trinajstić information content (AvgIpc) is 2.54. The van der Waals surface area contributed by atoms with Gasteiger partial charge in [0.2, 0.25) is 10.0 Å². The highest BCUT2D eigenvalue weighted by Crippen LogP contribution is 2.36. The number of carbonyl (C=O) groups is 1. The van der Waals surface area contributed by atoms with Crippen LogP contribution in [-0.4, -0.2) is 27.6 Å². The smallest absolute Gasteiger partial charge is 0.322 e. The Hall–Kier alpha value is -2.26. The van der Waals surface area contributed by atoms with Crippen molar-refractivity contribution >= 4 is 38.9 Å². The first-order valence-electron chi connectivity index (χ1n) is 7.53. The summed E-state index contributed by atoms with van der Waals surface area (Å²) in [5.41, 5.74) is -0.157. The molecule has 0 unspecified atom stereocenters. The van der Waals surface area contributed by atoms with Gasteiger partial charge in [0, 0.05) is 18.3 Å². The predicted octanol–water partition coefficient (Wildman–Crippen LogP) is 4.32. The van der Waals surface area contributed by atoms with Gasteiger partial charge < -0.3 is 5.32 Å². The fraction of sp³-hybridized carbons (Fsp3) is 0.235. The fourth-order valence-electron chi connectivity index (χ4n) is 2.29. The summed E-state index contributed by atoms with van der Waals surface area (Å²) in [6.07, 6.45) is -3.64. The fourth-order valence-corrected chi connectivity index (χ4v) is 3.07. The number of anilines is 2. The summed E-state index contributed by atoms with van der Waals surface area (Å²) in [6, 6.07) is 7.37. The number of benzene rings is 2. The van der Waals surface area contributed by atoms with E-state index in [0.717, 1.165) is 22.7 Å². The Labute approximate surface area is 159 Å². The molecule has 0 bridgehead atoms. The number of amides is 1. The van der Waals surface area contributed by atoms with Crippen LogP contribution in [0.1, 0.15) is 21.5 Å². The second-order valence-electron chi connectivity index (χ2n) is 5.88. The lowest BCUT2D eigenvalue weighted by atomic mass is 10.1. The average molecular weight is 421 g/mol. The largest absolute Gasteiger partial charge is 0.417 e. The molecule has 0 radical (unpaired) electrons. The molecule has 2 aromatic rings. The van der Waals surface area contributed by atoms with E-state index >= 15 is 0 Å². The SMILES string of the molecule is Cc1ccc(C(=O)Nc2ccc(Cl)c(C(F)(F)F)c2)cc1N(C)S(C)(=O)=O. The summed E-state index contributed by atoms with van der Waals surface area (Å²) in [4.78, 5) is 12.4. The summed E-state index contributed by atoms with van der Waals surface area (Å²) in [6.45, 7) is 1.67. The van der Waals surface area contributed by atoms with E-state index in [1.54, 1.807) is 13.0 Å². The van der Waals surface area contributed by atoms with Crippen molar-refractivity contribution in [3.63, 3.8) is 0 Å². The van der Waals surface area contributed by atoms with Gasteiger partial charge in [-0.25, -0.2) is 8.42 Å². The van der Waals surface area contributed by atoms with Crippen molar-refractivity contribution in [3.8, 4) is 0 Å². The monoisotopic (exact) mass is 420 g/mol. The van der Waals surface area contributed by atoms with Crippen LogP contribution in [0.2, 0.25) is 5.02 Å². The van der Waals surface area contributed by atoms with Gasteiger partial charge in [0.15, 0.2) is 0 Å². The third-order valence-electron chi connectivity index (χ3n) is 3.84. The quantitative estimate of drug-likeness (QED) is 0.801. The first-order chi connectivity index (χ1) is 12.3. The van der Waals surface area contributed by atoms with E-state index in [1.807, 2.05) is 0 Å². The Balaban J connectivity index is 2.35. The van der Waals surface area contributed by atoms with Gasteiger partial charge >= 0.3 is 6.18 Å². The van der Waals surface area contributed by atoms with E-state index in [4.69, 9.17) is 11.6 Å². The van der Waals surface area contributed by atoms with Crippen LogP contribution in [0, 0.1) is 6.92 Å². The number of aryl methyl sites for hydroxylation is 1. The van der Waals surface area contributed by atoms with Gasteiger partial charge in [-0.3, -0.25) is 9.10 Å². The number of halogens is 4. The van der Waals surface area contributed by atoms with E-state index in [9.17, 15) is 26.4 Å². The maximum Gasteiger partial charge on any atom is 0.417 e. The molecule has 1 amide bonds. The lowest BCUT2D eigenvalue weighted by molar-refractivity contribution is -0.137. The Morgan fingerprint density at radius 2 is 1.78 bits per heavy atom. The van der Waals surface area contributed by atoms with E-state index < -0.39 is 32.7 Å². The van der Waals surface area contributed by atoms with Crippen molar-refractivity contribution in [1.82, 2.24) is 0 Å². The molecule has 0 atom stereocenters. The van der Waals surface area contributed by atoms with Crippen LogP contribution < -0.4 is 9.62 Å². The highest BCUT2D eigenvalue weighted by Gasteiger charge is 2.33. The topological polar surface area (TPSA) is 66.5 Å². The van der Waals surface area contributed by atoms with Crippen LogP contribution in [0.3, 0.4) is 0 Å². The summed E-state index contributed by atoms with van der Waals surface area (Å²) in [7, 11) is -2.20. The Bertz CT molecular complexity index is 991. The standard InChI is InChI=1S/C17H16ClF3N2O3S/c1-10-4-5-11(8-15(10)23(2)27(3,25)26)16(24)22-12-6-7-14(18)13(9-12)17(19,20)21/h4-9H,1-3H3,(H,22,24).